The predicted molar refractivity (Wildman–Crippen MR) is 116 cm³/mol. The minimum atomic E-state index is -1.44. The van der Waals surface area contributed by atoms with Crippen LogP contribution in [0.5, 0.6) is 0 Å². The van der Waals surface area contributed by atoms with Crippen molar-refractivity contribution in [2.24, 2.45) is 5.41 Å². The second-order valence-corrected chi connectivity index (χ2v) is 8.88. The number of imidazole rings is 1. The van der Waals surface area contributed by atoms with Crippen LogP contribution in [0.2, 0.25) is 0 Å². The number of fused-ring (bicyclic) bond motifs is 2. The molecular weight excluding hydrogens is 410 g/mol. The van der Waals surface area contributed by atoms with Crippen LogP contribution in [0.25, 0.3) is 6.08 Å². The molecule has 2 saturated heterocycles. The standard InChI is InChI=1S/C23H25N5O4/c1-5-21(2,3)22-11-18(29)20(31)27-17(10-14-12-24-13-25-14)19(30)26-23(22,27)28(32-4)16-9-7-6-8-15(16)22/h5-10,12-13,18,29H,1,11H2,2-4H3,(H,24,25)(H,26,30)/b17-10+/t18-,22-,23-/m0/s1. The summed E-state index contributed by atoms with van der Waals surface area (Å²) in [5.41, 5.74) is 0.560. The minimum Gasteiger partial charge on any atom is -0.383 e. The summed E-state index contributed by atoms with van der Waals surface area (Å²) in [5, 5.41) is 15.7. The van der Waals surface area contributed by atoms with Gasteiger partial charge in [0.1, 0.15) is 11.8 Å². The van der Waals surface area contributed by atoms with Crippen molar-refractivity contribution >= 4 is 23.6 Å². The van der Waals surface area contributed by atoms with Gasteiger partial charge in [-0.3, -0.25) is 19.3 Å². The van der Waals surface area contributed by atoms with E-state index in [1.807, 2.05) is 38.1 Å². The van der Waals surface area contributed by atoms with Crippen LogP contribution in [0, 0.1) is 5.41 Å². The first kappa shape index (κ1) is 20.5. The SMILES string of the molecule is C=CC(C)(C)[C@@]12C[C@H](O)C(=O)N3/C(=C/c4cnc[nH]4)C(=O)N[C@]31N(OC)c1ccccc12. The van der Waals surface area contributed by atoms with Gasteiger partial charge in [0, 0.05) is 0 Å². The minimum absolute atomic E-state index is 0.0792. The summed E-state index contributed by atoms with van der Waals surface area (Å²) >= 11 is 0. The number of aromatic amines is 1. The molecule has 166 valence electrons. The fraction of sp³-hybridized carbons (Fsp3) is 0.348. The van der Waals surface area contributed by atoms with Gasteiger partial charge in [-0.15, -0.1) is 6.58 Å². The molecule has 9 heteroatoms. The van der Waals surface area contributed by atoms with Crippen molar-refractivity contribution in [3.63, 3.8) is 0 Å². The second-order valence-electron chi connectivity index (χ2n) is 8.88. The van der Waals surface area contributed by atoms with Crippen LogP contribution in [0.4, 0.5) is 5.69 Å². The number of anilines is 1. The Morgan fingerprint density at radius 3 is 2.75 bits per heavy atom. The van der Waals surface area contributed by atoms with Gasteiger partial charge < -0.3 is 15.4 Å². The van der Waals surface area contributed by atoms with Crippen LogP contribution in [-0.4, -0.2) is 50.8 Å². The van der Waals surface area contributed by atoms with Crippen molar-refractivity contribution in [3.8, 4) is 0 Å². The molecule has 3 N–H and O–H groups in total. The molecule has 1 spiro atoms. The predicted octanol–water partition coefficient (Wildman–Crippen LogP) is 1.66. The van der Waals surface area contributed by atoms with E-state index in [1.54, 1.807) is 23.4 Å². The lowest BCUT2D eigenvalue weighted by Gasteiger charge is -2.59. The van der Waals surface area contributed by atoms with Crippen molar-refractivity contribution < 1.29 is 19.5 Å². The van der Waals surface area contributed by atoms with Gasteiger partial charge in [-0.2, -0.15) is 0 Å². The van der Waals surface area contributed by atoms with Gasteiger partial charge in [-0.25, -0.2) is 10.0 Å². The third-order valence-corrected chi connectivity index (χ3v) is 7.17. The van der Waals surface area contributed by atoms with Crippen molar-refractivity contribution in [1.82, 2.24) is 20.2 Å². The molecule has 5 rings (SSSR count). The molecule has 0 unspecified atom stereocenters. The van der Waals surface area contributed by atoms with Crippen LogP contribution in [0.1, 0.15) is 31.5 Å². The van der Waals surface area contributed by atoms with E-state index in [4.69, 9.17) is 4.84 Å². The second kappa shape index (κ2) is 6.54. The highest BCUT2D eigenvalue weighted by molar-refractivity contribution is 6.07. The zero-order valence-corrected chi connectivity index (χ0v) is 18.1. The number of para-hydroxylation sites is 1. The summed E-state index contributed by atoms with van der Waals surface area (Å²) in [4.78, 5) is 41.1. The van der Waals surface area contributed by atoms with Crippen LogP contribution < -0.4 is 10.4 Å². The van der Waals surface area contributed by atoms with Gasteiger partial charge in [0.2, 0.25) is 5.79 Å². The van der Waals surface area contributed by atoms with Gasteiger partial charge in [0.25, 0.3) is 11.8 Å². The first-order valence-corrected chi connectivity index (χ1v) is 10.4. The number of allylic oxidation sites excluding steroid dienone is 1. The van der Waals surface area contributed by atoms with Crippen molar-refractivity contribution in [3.05, 3.63) is 66.4 Å². The summed E-state index contributed by atoms with van der Waals surface area (Å²) in [6.45, 7) is 8.03. The molecule has 0 saturated carbocycles. The highest BCUT2D eigenvalue weighted by atomic mass is 16.7. The smallest absolute Gasteiger partial charge is 0.271 e. The Morgan fingerprint density at radius 1 is 1.34 bits per heavy atom. The molecule has 2 fully saturated rings. The molecule has 0 aliphatic carbocycles. The Labute approximate surface area is 185 Å². The Hall–Kier alpha value is -3.43. The van der Waals surface area contributed by atoms with E-state index in [-0.39, 0.29) is 12.1 Å². The first-order chi connectivity index (χ1) is 15.2. The Bertz CT molecular complexity index is 1160. The lowest BCUT2D eigenvalue weighted by atomic mass is 9.55. The summed E-state index contributed by atoms with van der Waals surface area (Å²) in [7, 11) is 1.50. The molecule has 9 nitrogen and oxygen atoms in total. The largest absolute Gasteiger partial charge is 0.383 e. The number of rotatable bonds is 4. The maximum Gasteiger partial charge on any atom is 0.271 e. The molecule has 3 atom stereocenters. The van der Waals surface area contributed by atoms with E-state index in [1.165, 1.54) is 18.3 Å². The normalized spacial score (nSPS) is 30.2. The van der Waals surface area contributed by atoms with Gasteiger partial charge in [-0.1, -0.05) is 38.1 Å². The maximum absolute atomic E-state index is 13.5. The molecule has 1 aromatic heterocycles. The lowest BCUT2D eigenvalue weighted by Crippen LogP contribution is -2.79. The maximum atomic E-state index is 13.5. The molecule has 0 bridgehead atoms. The summed E-state index contributed by atoms with van der Waals surface area (Å²) < 4.78 is 0. The number of aliphatic hydroxyl groups excluding tert-OH is 1. The number of benzene rings is 1. The van der Waals surface area contributed by atoms with Crippen molar-refractivity contribution in [2.45, 2.75) is 37.6 Å². The number of piperidine rings is 1. The third-order valence-electron chi connectivity index (χ3n) is 7.17. The number of aromatic nitrogens is 2. The average Bonchev–Trinajstić information content (AvgIpc) is 3.44. The van der Waals surface area contributed by atoms with Gasteiger partial charge in [0.15, 0.2) is 0 Å². The molecule has 3 aliphatic rings. The molecule has 32 heavy (non-hydrogen) atoms. The van der Waals surface area contributed by atoms with Crippen LogP contribution >= 0.6 is 0 Å². The van der Waals surface area contributed by atoms with Crippen molar-refractivity contribution in [2.75, 3.05) is 12.2 Å². The third kappa shape index (κ3) is 2.17. The Balaban J connectivity index is 1.88. The number of amides is 2. The van der Waals surface area contributed by atoms with Gasteiger partial charge >= 0.3 is 0 Å². The molecule has 0 radical (unpaired) electrons. The molecular formula is C23H25N5O4. The van der Waals surface area contributed by atoms with E-state index < -0.39 is 34.5 Å². The van der Waals surface area contributed by atoms with Crippen molar-refractivity contribution in [1.29, 1.82) is 0 Å². The number of hydrogen-bond acceptors (Lipinski definition) is 6. The number of hydroxylamine groups is 1. The van der Waals surface area contributed by atoms with Gasteiger partial charge in [0.05, 0.1) is 36.4 Å². The van der Waals surface area contributed by atoms with E-state index in [0.29, 0.717) is 11.4 Å². The summed E-state index contributed by atoms with van der Waals surface area (Å²) in [5.74, 6) is -2.48. The molecule has 1 aromatic carbocycles. The van der Waals surface area contributed by atoms with Crippen LogP contribution in [0.15, 0.2) is 55.1 Å². The van der Waals surface area contributed by atoms with E-state index >= 15 is 0 Å². The summed E-state index contributed by atoms with van der Waals surface area (Å²) in [6, 6.07) is 7.60. The number of nitrogens with one attached hydrogen (secondary N) is 2. The Kier molecular flexibility index (Phi) is 4.18. The zero-order valence-electron chi connectivity index (χ0n) is 18.1. The fourth-order valence-corrected chi connectivity index (χ4v) is 5.68. The average molecular weight is 435 g/mol. The summed E-state index contributed by atoms with van der Waals surface area (Å²) in [6.07, 6.45) is 5.14. The zero-order chi connectivity index (χ0) is 22.9. The molecule has 2 amide bonds. The molecule has 2 aromatic rings. The monoisotopic (exact) mass is 435 g/mol. The van der Waals surface area contributed by atoms with Gasteiger partial charge in [-0.05, 0) is 29.5 Å². The van der Waals surface area contributed by atoms with Crippen LogP contribution in [0.3, 0.4) is 0 Å². The quantitative estimate of drug-likeness (QED) is 0.498. The molecule has 3 aliphatic heterocycles. The lowest BCUT2D eigenvalue weighted by molar-refractivity contribution is -0.170. The first-order valence-electron chi connectivity index (χ1n) is 10.4. The van der Waals surface area contributed by atoms with E-state index in [0.717, 1.165) is 5.56 Å². The number of hydrogen-bond donors (Lipinski definition) is 3. The Morgan fingerprint density at radius 2 is 2.09 bits per heavy atom. The van der Waals surface area contributed by atoms with E-state index in [9.17, 15) is 14.7 Å². The topological polar surface area (TPSA) is 111 Å². The van der Waals surface area contributed by atoms with E-state index in [2.05, 4.69) is 21.9 Å². The number of carbonyl (C=O) groups excluding carboxylic acids is 2. The highest BCUT2D eigenvalue weighted by Gasteiger charge is 2.78. The highest BCUT2D eigenvalue weighted by Crippen LogP contribution is 2.66. The fourth-order valence-electron chi connectivity index (χ4n) is 5.68. The number of nitrogens with zero attached hydrogens (tertiary/aromatic N) is 3. The number of carbonyl (C=O) groups is 2. The molecule has 4 heterocycles. The van der Waals surface area contributed by atoms with Crippen LogP contribution in [-0.2, 0) is 19.8 Å². The number of aliphatic hydroxyl groups is 1. The number of H-pyrrole nitrogens is 1.